The number of unbranched alkanes of at least 4 members (excludes halogenated alkanes) is 6. The van der Waals surface area contributed by atoms with Crippen molar-refractivity contribution >= 4 is 0 Å². The minimum absolute atomic E-state index is 1.19. The highest BCUT2D eigenvalue weighted by Gasteiger charge is 2.18. The van der Waals surface area contributed by atoms with Gasteiger partial charge >= 0.3 is 0 Å². The van der Waals surface area contributed by atoms with Gasteiger partial charge in [0, 0.05) is 20.8 Å². The minimum atomic E-state index is 1.19. The molecule has 0 aromatic carbocycles. The van der Waals surface area contributed by atoms with Gasteiger partial charge in [-0.05, 0) is 12.8 Å². The first-order valence-electron chi connectivity index (χ1n) is 7.61. The molecule has 0 aliphatic carbocycles. The number of hydrogen-bond acceptors (Lipinski definition) is 0. The summed E-state index contributed by atoms with van der Waals surface area (Å²) in [6.07, 6.45) is 9.70. The van der Waals surface area contributed by atoms with Crippen molar-refractivity contribution in [1.82, 2.24) is 4.57 Å². The number of imidazole rings is 1. The number of hydrogen-bond donors (Lipinski definition) is 0. The lowest BCUT2D eigenvalue weighted by atomic mass is 10.1. The number of rotatable bonds is 8. The van der Waals surface area contributed by atoms with Crippen molar-refractivity contribution in [3.8, 4) is 0 Å². The fourth-order valence-corrected chi connectivity index (χ4v) is 2.66. The molecule has 1 aromatic rings. The number of aromatic nitrogens is 2. The molecule has 104 valence electrons. The number of nitrogens with zero attached hydrogens (tertiary/aromatic N) is 2. The molecule has 1 aromatic heterocycles. The van der Waals surface area contributed by atoms with Crippen LogP contribution in [0.5, 0.6) is 0 Å². The molecule has 0 fully saturated rings. The van der Waals surface area contributed by atoms with E-state index in [4.69, 9.17) is 0 Å². The Balaban J connectivity index is 2.30. The predicted octanol–water partition coefficient (Wildman–Crippen LogP) is 3.99. The van der Waals surface area contributed by atoms with Crippen LogP contribution < -0.4 is 4.57 Å². The van der Waals surface area contributed by atoms with Crippen molar-refractivity contribution in [2.75, 3.05) is 0 Å². The molecular weight excluding hydrogens is 220 g/mol. The topological polar surface area (TPSA) is 8.81 Å². The monoisotopic (exact) mass is 251 g/mol. The lowest BCUT2D eigenvalue weighted by Crippen LogP contribution is -2.33. The van der Waals surface area contributed by atoms with Crippen LogP contribution in [0.15, 0.2) is 0 Å². The van der Waals surface area contributed by atoms with Gasteiger partial charge in [0.25, 0.3) is 5.82 Å². The smallest absolute Gasteiger partial charge is 0.234 e. The summed E-state index contributed by atoms with van der Waals surface area (Å²) in [5, 5.41) is 0. The van der Waals surface area contributed by atoms with Crippen LogP contribution in [0.1, 0.15) is 69.1 Å². The molecule has 0 saturated heterocycles. The van der Waals surface area contributed by atoms with E-state index >= 15 is 0 Å². The summed E-state index contributed by atoms with van der Waals surface area (Å²) in [6.45, 7) is 10.1. The Hall–Kier alpha value is -0.790. The van der Waals surface area contributed by atoms with Crippen molar-refractivity contribution in [2.45, 2.75) is 79.2 Å². The first-order valence-corrected chi connectivity index (χ1v) is 7.61. The third-order valence-electron chi connectivity index (χ3n) is 4.29. The molecule has 0 unspecified atom stereocenters. The molecule has 0 N–H and O–H groups in total. The van der Waals surface area contributed by atoms with E-state index in [0.29, 0.717) is 0 Å². The van der Waals surface area contributed by atoms with Crippen molar-refractivity contribution in [1.29, 1.82) is 0 Å². The highest BCUT2D eigenvalue weighted by atomic mass is 15.2. The molecule has 0 radical (unpaired) electrons. The summed E-state index contributed by atoms with van der Waals surface area (Å²) < 4.78 is 4.78. The Morgan fingerprint density at radius 2 is 1.44 bits per heavy atom. The molecular formula is C16H31N2+. The van der Waals surface area contributed by atoms with Crippen LogP contribution in [0.25, 0.3) is 0 Å². The standard InChI is InChI=1S/C16H31N2/c1-6-7-8-9-10-11-12-13-18-15(3)14(2)17(5)16(18)4/h6-13H2,1-5H3/q+1. The molecule has 0 aliphatic heterocycles. The molecule has 1 heterocycles. The Morgan fingerprint density at radius 1 is 0.889 bits per heavy atom. The van der Waals surface area contributed by atoms with Gasteiger partial charge in [0.1, 0.15) is 11.4 Å². The summed E-state index contributed by atoms with van der Waals surface area (Å²) in [7, 11) is 2.17. The molecule has 1 rings (SSSR count). The van der Waals surface area contributed by atoms with E-state index in [1.54, 1.807) is 0 Å². The molecule has 0 aliphatic rings. The molecule has 18 heavy (non-hydrogen) atoms. The second kappa shape index (κ2) is 7.60. The van der Waals surface area contributed by atoms with E-state index < -0.39 is 0 Å². The van der Waals surface area contributed by atoms with E-state index in [0.717, 1.165) is 0 Å². The lowest BCUT2D eigenvalue weighted by Gasteiger charge is -2.02. The second-order valence-corrected chi connectivity index (χ2v) is 5.55. The first-order chi connectivity index (χ1) is 8.59. The fraction of sp³-hybridized carbons (Fsp3) is 0.812. The van der Waals surface area contributed by atoms with Gasteiger partial charge in [-0.3, -0.25) is 0 Å². The lowest BCUT2D eigenvalue weighted by molar-refractivity contribution is -0.683. The van der Waals surface area contributed by atoms with E-state index in [2.05, 4.69) is 43.9 Å². The maximum Gasteiger partial charge on any atom is 0.253 e. The second-order valence-electron chi connectivity index (χ2n) is 5.55. The van der Waals surface area contributed by atoms with Gasteiger partial charge < -0.3 is 0 Å². The van der Waals surface area contributed by atoms with Crippen molar-refractivity contribution in [3.63, 3.8) is 0 Å². The van der Waals surface area contributed by atoms with Crippen molar-refractivity contribution in [3.05, 3.63) is 17.2 Å². The summed E-state index contributed by atoms with van der Waals surface area (Å²) in [5.74, 6) is 1.39. The zero-order chi connectivity index (χ0) is 13.5. The van der Waals surface area contributed by atoms with Gasteiger partial charge in [0.15, 0.2) is 0 Å². The molecule has 0 bridgehead atoms. The minimum Gasteiger partial charge on any atom is -0.234 e. The predicted molar refractivity (Wildman–Crippen MR) is 77.8 cm³/mol. The maximum atomic E-state index is 2.47. The van der Waals surface area contributed by atoms with E-state index in [9.17, 15) is 0 Å². The molecule has 0 amide bonds. The summed E-state index contributed by atoms with van der Waals surface area (Å²) in [4.78, 5) is 0. The van der Waals surface area contributed by atoms with Gasteiger partial charge in [-0.2, -0.15) is 0 Å². The Labute approximate surface area is 113 Å². The van der Waals surface area contributed by atoms with Gasteiger partial charge in [-0.25, -0.2) is 9.13 Å². The van der Waals surface area contributed by atoms with Crippen LogP contribution in [0.2, 0.25) is 0 Å². The van der Waals surface area contributed by atoms with Crippen LogP contribution >= 0.6 is 0 Å². The molecule has 0 spiro atoms. The highest BCUT2D eigenvalue weighted by molar-refractivity contribution is 5.06. The quantitative estimate of drug-likeness (QED) is 0.488. The largest absolute Gasteiger partial charge is 0.253 e. The SMILES string of the molecule is CCCCCCCCCn1c(C)c(C)[n+](C)c1C. The van der Waals surface area contributed by atoms with Crippen molar-refractivity contribution < 1.29 is 4.57 Å². The molecule has 0 atom stereocenters. The average Bonchev–Trinajstić information content (AvgIpc) is 2.55. The van der Waals surface area contributed by atoms with Crippen LogP contribution in [0, 0.1) is 20.8 Å². The van der Waals surface area contributed by atoms with Gasteiger partial charge in [0.2, 0.25) is 0 Å². The van der Waals surface area contributed by atoms with Crippen LogP contribution in [-0.4, -0.2) is 4.57 Å². The Bertz CT molecular complexity index is 338. The van der Waals surface area contributed by atoms with Crippen LogP contribution in [0.4, 0.5) is 0 Å². The van der Waals surface area contributed by atoms with Crippen LogP contribution in [0.3, 0.4) is 0 Å². The third kappa shape index (κ3) is 3.86. The zero-order valence-electron chi connectivity index (χ0n) is 13.1. The Morgan fingerprint density at radius 3 is 1.94 bits per heavy atom. The summed E-state index contributed by atoms with van der Waals surface area (Å²) in [6, 6.07) is 0. The van der Waals surface area contributed by atoms with Crippen LogP contribution in [-0.2, 0) is 13.6 Å². The molecule has 0 saturated carbocycles. The van der Waals surface area contributed by atoms with E-state index in [1.807, 2.05) is 0 Å². The summed E-state index contributed by atoms with van der Waals surface area (Å²) >= 11 is 0. The summed E-state index contributed by atoms with van der Waals surface area (Å²) in [5.41, 5.74) is 2.83. The highest BCUT2D eigenvalue weighted by Crippen LogP contribution is 2.11. The Kier molecular flexibility index (Phi) is 6.45. The molecule has 2 nitrogen and oxygen atoms in total. The fourth-order valence-electron chi connectivity index (χ4n) is 2.66. The van der Waals surface area contributed by atoms with Gasteiger partial charge in [-0.15, -0.1) is 0 Å². The van der Waals surface area contributed by atoms with Gasteiger partial charge in [-0.1, -0.05) is 39.0 Å². The zero-order valence-corrected chi connectivity index (χ0v) is 13.1. The van der Waals surface area contributed by atoms with E-state index in [-0.39, 0.29) is 0 Å². The van der Waals surface area contributed by atoms with Crippen molar-refractivity contribution in [2.24, 2.45) is 7.05 Å². The molecule has 2 heteroatoms. The van der Waals surface area contributed by atoms with Gasteiger partial charge in [0.05, 0.1) is 13.6 Å². The third-order valence-corrected chi connectivity index (χ3v) is 4.29. The normalized spacial score (nSPS) is 11.2. The first kappa shape index (κ1) is 15.3. The maximum absolute atomic E-state index is 2.47. The van der Waals surface area contributed by atoms with E-state index in [1.165, 1.54) is 68.7 Å². The average molecular weight is 251 g/mol.